The van der Waals surface area contributed by atoms with Crippen LogP contribution in [0.5, 0.6) is 11.5 Å². The van der Waals surface area contributed by atoms with Crippen LogP contribution in [0.25, 0.3) is 0 Å². The predicted octanol–water partition coefficient (Wildman–Crippen LogP) is 2.61. The quantitative estimate of drug-likeness (QED) is 0.865. The van der Waals surface area contributed by atoms with Crippen molar-refractivity contribution in [2.24, 2.45) is 0 Å². The van der Waals surface area contributed by atoms with Crippen LogP contribution in [0.15, 0.2) is 12.1 Å². The zero-order chi connectivity index (χ0) is 16.0. The molecule has 2 bridgehead atoms. The summed E-state index contributed by atoms with van der Waals surface area (Å²) in [6.45, 7) is 3.31. The van der Waals surface area contributed by atoms with Gasteiger partial charge < -0.3 is 19.5 Å². The van der Waals surface area contributed by atoms with Gasteiger partial charge in [0.15, 0.2) is 11.5 Å². The molecule has 5 rings (SSSR count). The number of benzene rings is 1. The van der Waals surface area contributed by atoms with E-state index in [2.05, 4.69) is 24.9 Å². The van der Waals surface area contributed by atoms with Gasteiger partial charge in [0.1, 0.15) is 5.60 Å². The molecule has 1 aromatic rings. The van der Waals surface area contributed by atoms with Gasteiger partial charge in [-0.25, -0.2) is 0 Å². The number of nitrogens with zero attached hydrogens (tertiary/aromatic N) is 1. The van der Waals surface area contributed by atoms with E-state index in [1.807, 2.05) is 7.11 Å². The van der Waals surface area contributed by atoms with Crippen LogP contribution in [0, 0.1) is 0 Å². The predicted molar refractivity (Wildman–Crippen MR) is 87.1 cm³/mol. The van der Waals surface area contributed by atoms with Crippen LogP contribution in [0.2, 0.25) is 0 Å². The van der Waals surface area contributed by atoms with Crippen molar-refractivity contribution in [2.75, 3.05) is 20.7 Å². The first kappa shape index (κ1) is 14.1. The second-order valence-electron chi connectivity index (χ2n) is 8.08. The molecule has 0 unspecified atom stereocenters. The number of likely N-dealkylation sites (tertiary alicyclic amines) is 1. The molecule has 4 nitrogen and oxygen atoms in total. The summed E-state index contributed by atoms with van der Waals surface area (Å²) in [7, 11) is 4.11. The smallest absolute Gasteiger partial charge is 0.166 e. The lowest BCUT2D eigenvalue weighted by molar-refractivity contribution is -0.222. The number of phenols is 1. The molecule has 4 aliphatic rings. The monoisotopic (exact) mass is 315 g/mol. The molecule has 0 radical (unpaired) electrons. The fraction of sp³-hybridized carbons (Fsp3) is 0.684. The number of phenolic OH excluding ortho intramolecular Hbond substituents is 1. The molecule has 2 heterocycles. The number of methoxy groups -OCH3 is 1. The van der Waals surface area contributed by atoms with Crippen molar-refractivity contribution in [3.63, 3.8) is 0 Å². The van der Waals surface area contributed by atoms with Crippen molar-refractivity contribution in [1.82, 2.24) is 4.90 Å². The maximum Gasteiger partial charge on any atom is 0.166 e. The zero-order valence-corrected chi connectivity index (χ0v) is 14.2. The molecule has 2 fully saturated rings. The molecule has 1 spiro atoms. The van der Waals surface area contributed by atoms with Crippen LogP contribution >= 0.6 is 0 Å². The van der Waals surface area contributed by atoms with E-state index in [-0.39, 0.29) is 22.4 Å². The van der Waals surface area contributed by atoms with Crippen molar-refractivity contribution >= 4 is 0 Å². The third-order valence-corrected chi connectivity index (χ3v) is 7.49. The number of aromatic hydroxyl groups is 1. The Morgan fingerprint density at radius 2 is 2.13 bits per heavy atom. The van der Waals surface area contributed by atoms with Crippen molar-refractivity contribution in [1.29, 1.82) is 0 Å². The molecular weight excluding hydrogens is 290 g/mol. The first-order valence-corrected chi connectivity index (χ1v) is 8.79. The minimum atomic E-state index is -0.281. The second kappa shape index (κ2) is 4.04. The lowest BCUT2D eigenvalue weighted by atomic mass is 9.45. The third-order valence-electron chi connectivity index (χ3n) is 7.49. The summed E-state index contributed by atoms with van der Waals surface area (Å²) in [5, 5.41) is 10.5. The van der Waals surface area contributed by atoms with Gasteiger partial charge in [-0.15, -0.1) is 0 Å². The number of ether oxygens (including phenoxy) is 2. The number of hydrogen-bond donors (Lipinski definition) is 1. The highest BCUT2D eigenvalue weighted by atomic mass is 16.5. The highest BCUT2D eigenvalue weighted by Crippen LogP contribution is 2.69. The molecule has 1 aromatic carbocycles. The van der Waals surface area contributed by atoms with E-state index in [1.54, 1.807) is 6.07 Å². The van der Waals surface area contributed by atoms with Gasteiger partial charge in [-0.05, 0) is 64.3 Å². The molecule has 4 heteroatoms. The van der Waals surface area contributed by atoms with Crippen LogP contribution in [-0.4, -0.2) is 48.0 Å². The van der Waals surface area contributed by atoms with E-state index in [4.69, 9.17) is 9.47 Å². The van der Waals surface area contributed by atoms with Gasteiger partial charge in [-0.1, -0.05) is 6.07 Å². The van der Waals surface area contributed by atoms with E-state index < -0.39 is 0 Å². The van der Waals surface area contributed by atoms with Crippen LogP contribution in [0.4, 0.5) is 0 Å². The van der Waals surface area contributed by atoms with Crippen LogP contribution in [0.3, 0.4) is 0 Å². The van der Waals surface area contributed by atoms with Gasteiger partial charge in [0.05, 0.1) is 11.0 Å². The molecule has 2 aliphatic heterocycles. The summed E-state index contributed by atoms with van der Waals surface area (Å²) >= 11 is 0. The van der Waals surface area contributed by atoms with Crippen LogP contribution in [-0.2, 0) is 16.6 Å². The minimum absolute atomic E-state index is 0.133. The molecule has 23 heavy (non-hydrogen) atoms. The fourth-order valence-electron chi connectivity index (χ4n) is 6.61. The van der Waals surface area contributed by atoms with Gasteiger partial charge in [-0.3, -0.25) is 0 Å². The number of likely N-dealkylation sites (N-methyl/N-ethyl adjacent to an activating group) is 1. The average Bonchev–Trinajstić information content (AvgIpc) is 2.81. The van der Waals surface area contributed by atoms with Gasteiger partial charge in [0, 0.05) is 18.7 Å². The Hall–Kier alpha value is -1.26. The molecular formula is C19H25NO3. The SMILES string of the molecule is CO[C@@]12CCC[C@]3(C)Oc4c(O)ccc5c4[C@@]31CCN(C)[C@@H]2C5. The van der Waals surface area contributed by atoms with E-state index in [0.717, 1.165) is 44.4 Å². The van der Waals surface area contributed by atoms with Crippen LogP contribution in [0.1, 0.15) is 43.7 Å². The second-order valence-corrected chi connectivity index (χ2v) is 8.08. The number of rotatable bonds is 1. The molecule has 124 valence electrons. The highest BCUT2D eigenvalue weighted by molar-refractivity contribution is 5.63. The van der Waals surface area contributed by atoms with E-state index in [1.165, 1.54) is 11.1 Å². The Labute approximate surface area is 137 Å². The summed E-state index contributed by atoms with van der Waals surface area (Å²) in [5.74, 6) is 1.02. The summed E-state index contributed by atoms with van der Waals surface area (Å²) < 4.78 is 12.9. The number of hydrogen-bond acceptors (Lipinski definition) is 4. The Bertz CT molecular complexity index is 704. The van der Waals surface area contributed by atoms with Gasteiger partial charge in [0.25, 0.3) is 0 Å². The van der Waals surface area contributed by atoms with Gasteiger partial charge in [0.2, 0.25) is 0 Å². The summed E-state index contributed by atoms with van der Waals surface area (Å²) in [6, 6.07) is 4.29. The van der Waals surface area contributed by atoms with E-state index >= 15 is 0 Å². The van der Waals surface area contributed by atoms with Crippen molar-refractivity contribution < 1.29 is 14.6 Å². The highest BCUT2D eigenvalue weighted by Gasteiger charge is 2.75. The normalized spacial score (nSPS) is 43.9. The molecule has 1 saturated heterocycles. The largest absolute Gasteiger partial charge is 0.504 e. The van der Waals surface area contributed by atoms with Crippen molar-refractivity contribution in [2.45, 2.75) is 61.7 Å². The molecule has 4 atom stereocenters. The van der Waals surface area contributed by atoms with Crippen LogP contribution < -0.4 is 4.74 Å². The Morgan fingerprint density at radius 3 is 2.91 bits per heavy atom. The van der Waals surface area contributed by atoms with E-state index in [0.29, 0.717) is 6.04 Å². The van der Waals surface area contributed by atoms with Gasteiger partial charge in [-0.2, -0.15) is 0 Å². The fourth-order valence-corrected chi connectivity index (χ4v) is 6.61. The van der Waals surface area contributed by atoms with E-state index in [9.17, 15) is 5.11 Å². The minimum Gasteiger partial charge on any atom is -0.504 e. The molecule has 1 saturated carbocycles. The molecule has 0 amide bonds. The molecule has 2 aliphatic carbocycles. The Balaban J connectivity index is 1.90. The first-order chi connectivity index (χ1) is 11.0. The lowest BCUT2D eigenvalue weighted by Crippen LogP contribution is -2.78. The zero-order valence-electron chi connectivity index (χ0n) is 14.2. The summed E-state index contributed by atoms with van der Waals surface area (Å²) in [4.78, 5) is 2.48. The lowest BCUT2D eigenvalue weighted by Gasteiger charge is -2.66. The van der Waals surface area contributed by atoms with Gasteiger partial charge >= 0.3 is 0 Å². The summed E-state index contributed by atoms with van der Waals surface area (Å²) in [5.41, 5.74) is 1.97. The third kappa shape index (κ3) is 1.27. The molecule has 0 aromatic heterocycles. The number of piperidine rings is 1. The summed E-state index contributed by atoms with van der Waals surface area (Å²) in [6.07, 6.45) is 5.23. The maximum atomic E-state index is 10.5. The average molecular weight is 315 g/mol. The topological polar surface area (TPSA) is 41.9 Å². The Morgan fingerprint density at radius 1 is 1.30 bits per heavy atom. The maximum absolute atomic E-state index is 10.5. The standard InChI is InChI=1S/C19H25NO3/c1-17-7-4-8-19(22-3)14-11-12-5-6-13(21)16(23-17)15(12)18(17,19)9-10-20(14)2/h5-6,14,21H,4,7-11H2,1-3H3/t14-,17+,18+,19-/m1/s1. The Kier molecular flexibility index (Phi) is 2.48. The molecule has 1 N–H and O–H groups in total. The van der Waals surface area contributed by atoms with Crippen molar-refractivity contribution in [3.05, 3.63) is 23.3 Å². The first-order valence-electron chi connectivity index (χ1n) is 8.79. The van der Waals surface area contributed by atoms with Crippen molar-refractivity contribution in [3.8, 4) is 11.5 Å².